The van der Waals surface area contributed by atoms with Gasteiger partial charge in [-0.1, -0.05) is 55.8 Å². The van der Waals surface area contributed by atoms with Crippen molar-refractivity contribution in [2.75, 3.05) is 13.1 Å². The summed E-state index contributed by atoms with van der Waals surface area (Å²) in [6, 6.07) is 7.53. The summed E-state index contributed by atoms with van der Waals surface area (Å²) in [5.41, 5.74) is 0.226. The number of nitrogens with zero attached hydrogens (tertiary/aromatic N) is 1. The third-order valence-corrected chi connectivity index (χ3v) is 6.19. The van der Waals surface area contributed by atoms with Crippen molar-refractivity contribution in [3.05, 3.63) is 47.0 Å². The van der Waals surface area contributed by atoms with E-state index in [0.29, 0.717) is 30.6 Å². The summed E-state index contributed by atoms with van der Waals surface area (Å²) in [5.74, 6) is -0.484. The minimum Gasteiger partial charge on any atom is -0.360 e. The van der Waals surface area contributed by atoms with Gasteiger partial charge in [0.2, 0.25) is 11.8 Å². The smallest absolute Gasteiger partial charge is 0.230 e. The number of fused-ring (bicyclic) bond motifs is 1. The zero-order valence-corrected chi connectivity index (χ0v) is 16.4. The Balaban J connectivity index is 1.51. The molecule has 0 saturated carbocycles. The van der Waals surface area contributed by atoms with Crippen LogP contribution in [0, 0.1) is 17.8 Å². The van der Waals surface area contributed by atoms with Crippen molar-refractivity contribution in [2.45, 2.75) is 38.5 Å². The predicted octanol–water partition coefficient (Wildman–Crippen LogP) is 2.78. The molecule has 1 spiro atoms. The van der Waals surface area contributed by atoms with Crippen LogP contribution in [0.2, 0.25) is 5.02 Å². The minimum absolute atomic E-state index is 0.0224. The molecular formula is C21H25ClN2O3. The van der Waals surface area contributed by atoms with E-state index in [4.69, 9.17) is 16.3 Å². The maximum atomic E-state index is 13.2. The van der Waals surface area contributed by atoms with Gasteiger partial charge in [0.1, 0.15) is 5.60 Å². The van der Waals surface area contributed by atoms with Gasteiger partial charge in [-0.15, -0.1) is 0 Å². The van der Waals surface area contributed by atoms with Crippen LogP contribution in [0.15, 0.2) is 36.4 Å². The highest BCUT2D eigenvalue weighted by molar-refractivity contribution is 6.31. The molecule has 3 aliphatic rings. The van der Waals surface area contributed by atoms with E-state index in [-0.39, 0.29) is 17.9 Å². The lowest BCUT2D eigenvalue weighted by atomic mass is 9.77. The first-order valence-corrected chi connectivity index (χ1v) is 9.96. The van der Waals surface area contributed by atoms with Crippen LogP contribution < -0.4 is 5.32 Å². The molecule has 2 amide bonds. The number of carbonyl (C=O) groups is 2. The number of benzene rings is 1. The van der Waals surface area contributed by atoms with Crippen LogP contribution >= 0.6 is 11.6 Å². The number of carbonyl (C=O) groups excluding carboxylic acids is 2. The van der Waals surface area contributed by atoms with Crippen LogP contribution in [0.25, 0.3) is 0 Å². The van der Waals surface area contributed by atoms with Crippen molar-refractivity contribution in [1.29, 1.82) is 0 Å². The quantitative estimate of drug-likeness (QED) is 0.762. The molecule has 0 aliphatic carbocycles. The average Bonchev–Trinajstić information content (AvgIpc) is 3.25. The summed E-state index contributed by atoms with van der Waals surface area (Å²) in [6.45, 7) is 5.76. The molecule has 1 aromatic rings. The van der Waals surface area contributed by atoms with E-state index in [1.165, 1.54) is 0 Å². The molecule has 144 valence electrons. The van der Waals surface area contributed by atoms with Crippen molar-refractivity contribution in [3.63, 3.8) is 0 Å². The number of hydrogen-bond donors (Lipinski definition) is 1. The molecule has 0 aromatic heterocycles. The third-order valence-electron chi connectivity index (χ3n) is 5.82. The lowest BCUT2D eigenvalue weighted by Gasteiger charge is -2.23. The Bertz CT molecular complexity index is 793. The maximum Gasteiger partial charge on any atom is 0.230 e. The highest BCUT2D eigenvalue weighted by Gasteiger charge is 2.66. The lowest BCUT2D eigenvalue weighted by Crippen LogP contribution is -2.44. The summed E-state index contributed by atoms with van der Waals surface area (Å²) in [7, 11) is 0. The monoisotopic (exact) mass is 388 g/mol. The molecule has 2 unspecified atom stereocenters. The van der Waals surface area contributed by atoms with Crippen molar-refractivity contribution >= 4 is 23.4 Å². The molecule has 4 atom stereocenters. The second kappa shape index (κ2) is 6.95. The van der Waals surface area contributed by atoms with Gasteiger partial charge in [0.25, 0.3) is 0 Å². The zero-order valence-electron chi connectivity index (χ0n) is 15.7. The van der Waals surface area contributed by atoms with E-state index in [2.05, 4.69) is 19.2 Å². The summed E-state index contributed by atoms with van der Waals surface area (Å²) in [5, 5.41) is 3.64. The SMILES string of the molecule is CC(C)CCNC(=O)C1[C@H]2C=CC3(CN(Cc4ccccc4Cl)C(=O)[C@@H]13)O2. The van der Waals surface area contributed by atoms with Gasteiger partial charge in [-0.25, -0.2) is 0 Å². The first-order chi connectivity index (χ1) is 12.9. The minimum atomic E-state index is -0.678. The van der Waals surface area contributed by atoms with Gasteiger partial charge in [-0.3, -0.25) is 9.59 Å². The molecule has 27 heavy (non-hydrogen) atoms. The van der Waals surface area contributed by atoms with Gasteiger partial charge < -0.3 is 15.0 Å². The first kappa shape index (κ1) is 18.5. The Morgan fingerprint density at radius 2 is 2.19 bits per heavy atom. The van der Waals surface area contributed by atoms with E-state index in [1.54, 1.807) is 4.90 Å². The molecule has 1 N–H and O–H groups in total. The average molecular weight is 389 g/mol. The number of ether oxygens (including phenoxy) is 1. The lowest BCUT2D eigenvalue weighted by molar-refractivity contribution is -0.137. The van der Waals surface area contributed by atoms with E-state index in [9.17, 15) is 9.59 Å². The van der Waals surface area contributed by atoms with Crippen LogP contribution in [-0.2, 0) is 20.9 Å². The summed E-state index contributed by atoms with van der Waals surface area (Å²) in [6.07, 6.45) is 4.53. The van der Waals surface area contributed by atoms with Crippen LogP contribution in [-0.4, -0.2) is 41.5 Å². The Morgan fingerprint density at radius 3 is 2.93 bits per heavy atom. The number of halogens is 1. The van der Waals surface area contributed by atoms with Gasteiger partial charge in [-0.05, 0) is 24.0 Å². The standard InChI is InChI=1S/C21H25ClN2O3/c1-13(2)8-10-23-19(25)17-16-7-9-21(27-16)12-24(20(26)18(17)21)11-14-5-3-4-6-15(14)22/h3-7,9,13,16-18H,8,10-12H2,1-2H3,(H,23,25)/t16-,17?,18-,21?/m1/s1. The molecule has 1 aromatic carbocycles. The van der Waals surface area contributed by atoms with Gasteiger partial charge >= 0.3 is 0 Å². The fourth-order valence-corrected chi connectivity index (χ4v) is 4.64. The fraction of sp³-hybridized carbons (Fsp3) is 0.524. The highest BCUT2D eigenvalue weighted by atomic mass is 35.5. The molecule has 3 heterocycles. The number of hydrogen-bond acceptors (Lipinski definition) is 3. The Labute approximate surface area is 164 Å². The topological polar surface area (TPSA) is 58.6 Å². The predicted molar refractivity (Wildman–Crippen MR) is 103 cm³/mol. The summed E-state index contributed by atoms with van der Waals surface area (Å²) >= 11 is 6.26. The largest absolute Gasteiger partial charge is 0.360 e. The van der Waals surface area contributed by atoms with Gasteiger partial charge in [0.05, 0.1) is 24.5 Å². The molecule has 3 aliphatic heterocycles. The van der Waals surface area contributed by atoms with Gasteiger partial charge in [-0.2, -0.15) is 0 Å². The summed E-state index contributed by atoms with van der Waals surface area (Å²) < 4.78 is 6.15. The van der Waals surface area contributed by atoms with Gasteiger partial charge in [0, 0.05) is 18.1 Å². The molecule has 4 rings (SSSR count). The molecule has 2 fully saturated rings. The van der Waals surface area contributed by atoms with Crippen molar-refractivity contribution in [3.8, 4) is 0 Å². The molecule has 6 heteroatoms. The Hall–Kier alpha value is -1.85. The van der Waals surface area contributed by atoms with Crippen LogP contribution in [0.1, 0.15) is 25.8 Å². The molecule has 2 bridgehead atoms. The Morgan fingerprint density at radius 1 is 1.41 bits per heavy atom. The van der Waals surface area contributed by atoms with E-state index in [1.807, 2.05) is 36.4 Å². The van der Waals surface area contributed by atoms with Crippen LogP contribution in [0.5, 0.6) is 0 Å². The number of likely N-dealkylation sites (tertiary alicyclic amines) is 1. The van der Waals surface area contributed by atoms with Crippen molar-refractivity contribution in [1.82, 2.24) is 10.2 Å². The zero-order chi connectivity index (χ0) is 19.2. The summed E-state index contributed by atoms with van der Waals surface area (Å²) in [4.78, 5) is 27.7. The molecule has 0 radical (unpaired) electrons. The Kier molecular flexibility index (Phi) is 4.77. The van der Waals surface area contributed by atoms with Crippen LogP contribution in [0.3, 0.4) is 0 Å². The number of nitrogens with one attached hydrogen (secondary N) is 1. The normalized spacial score (nSPS) is 31.0. The van der Waals surface area contributed by atoms with Crippen molar-refractivity contribution in [2.24, 2.45) is 17.8 Å². The fourth-order valence-electron chi connectivity index (χ4n) is 4.45. The van der Waals surface area contributed by atoms with Gasteiger partial charge in [0.15, 0.2) is 0 Å². The van der Waals surface area contributed by atoms with Crippen molar-refractivity contribution < 1.29 is 14.3 Å². The van der Waals surface area contributed by atoms with Crippen LogP contribution in [0.4, 0.5) is 0 Å². The van der Waals surface area contributed by atoms with E-state index < -0.39 is 17.4 Å². The second-order valence-corrected chi connectivity index (χ2v) is 8.57. The second-order valence-electron chi connectivity index (χ2n) is 8.16. The molecule has 5 nitrogen and oxygen atoms in total. The highest BCUT2D eigenvalue weighted by Crippen LogP contribution is 2.52. The third kappa shape index (κ3) is 3.17. The van der Waals surface area contributed by atoms with E-state index in [0.717, 1.165) is 12.0 Å². The molecular weight excluding hydrogens is 364 g/mol. The number of rotatable bonds is 6. The maximum absolute atomic E-state index is 13.2. The first-order valence-electron chi connectivity index (χ1n) is 9.58. The number of amides is 2. The molecule has 2 saturated heterocycles. The van der Waals surface area contributed by atoms with E-state index >= 15 is 0 Å².